The van der Waals surface area contributed by atoms with Gasteiger partial charge in [0, 0.05) is 23.2 Å². The first-order chi connectivity index (χ1) is 13.2. The monoisotopic (exact) mass is 380 g/mol. The molecule has 2 aromatic heterocycles. The van der Waals surface area contributed by atoms with E-state index in [0.29, 0.717) is 23.3 Å². The molecular formula is C19H14BFN2O3S. The van der Waals surface area contributed by atoms with Crippen LogP contribution in [0.3, 0.4) is 0 Å². The minimum Gasteiger partial charge on any atom is -0.486 e. The van der Waals surface area contributed by atoms with Crippen LogP contribution in [0.2, 0.25) is 0 Å². The quantitative estimate of drug-likeness (QED) is 0.553. The molecule has 0 saturated heterocycles. The third-order valence-corrected chi connectivity index (χ3v) is 5.39. The summed E-state index contributed by atoms with van der Waals surface area (Å²) < 4.78 is 27.4. The smallest absolute Gasteiger partial charge is 0.486 e. The third-order valence-electron chi connectivity index (χ3n) is 4.64. The summed E-state index contributed by atoms with van der Waals surface area (Å²) >= 11 is 1.55. The minimum atomic E-state index is -1.01. The molecule has 4 aromatic rings. The fourth-order valence-corrected chi connectivity index (χ4v) is 3.83. The summed E-state index contributed by atoms with van der Waals surface area (Å²) in [5.41, 5.74) is 2.52. The molecule has 1 N–H and O–H groups in total. The van der Waals surface area contributed by atoms with Crippen molar-refractivity contribution >= 4 is 34.8 Å². The van der Waals surface area contributed by atoms with Gasteiger partial charge in [-0.1, -0.05) is 0 Å². The van der Waals surface area contributed by atoms with Crippen LogP contribution in [-0.2, 0) is 17.9 Å². The van der Waals surface area contributed by atoms with Crippen molar-refractivity contribution in [1.29, 1.82) is 0 Å². The highest BCUT2D eigenvalue weighted by Crippen LogP contribution is 2.27. The van der Waals surface area contributed by atoms with Gasteiger partial charge in [-0.3, -0.25) is 0 Å². The van der Waals surface area contributed by atoms with Gasteiger partial charge in [0.1, 0.15) is 23.2 Å². The maximum Gasteiger partial charge on any atom is 0.491 e. The normalized spacial score (nSPS) is 13.3. The van der Waals surface area contributed by atoms with Crippen LogP contribution in [0.1, 0.15) is 10.6 Å². The highest BCUT2D eigenvalue weighted by molar-refractivity contribution is 7.09. The summed E-state index contributed by atoms with van der Waals surface area (Å²) in [5, 5.41) is 13.7. The maximum absolute atomic E-state index is 14.6. The van der Waals surface area contributed by atoms with E-state index in [1.165, 1.54) is 6.07 Å². The van der Waals surface area contributed by atoms with Gasteiger partial charge in [0.05, 0.1) is 17.8 Å². The summed E-state index contributed by atoms with van der Waals surface area (Å²) in [6.07, 6.45) is 3.56. The number of thiazole rings is 1. The number of benzene rings is 2. The molecule has 0 spiro atoms. The Kier molecular flexibility index (Phi) is 3.96. The van der Waals surface area contributed by atoms with Crippen molar-refractivity contribution in [2.24, 2.45) is 0 Å². The second-order valence-corrected chi connectivity index (χ2v) is 7.27. The molecule has 0 fully saturated rings. The molecule has 134 valence electrons. The first-order valence-corrected chi connectivity index (χ1v) is 9.31. The van der Waals surface area contributed by atoms with Gasteiger partial charge < -0.3 is 19.0 Å². The predicted octanol–water partition coefficient (Wildman–Crippen LogP) is 3.02. The number of hydrogen-bond donors (Lipinski definition) is 1. The van der Waals surface area contributed by atoms with Gasteiger partial charge in [0.2, 0.25) is 0 Å². The topological polar surface area (TPSA) is 56.5 Å². The van der Waals surface area contributed by atoms with Crippen molar-refractivity contribution in [2.45, 2.75) is 13.2 Å². The number of fused-ring (bicyclic) bond motifs is 2. The molecule has 5 rings (SSSR count). The number of rotatable bonds is 4. The van der Waals surface area contributed by atoms with E-state index in [9.17, 15) is 9.41 Å². The van der Waals surface area contributed by atoms with Gasteiger partial charge in [-0.25, -0.2) is 9.37 Å². The second-order valence-electron chi connectivity index (χ2n) is 6.29. The summed E-state index contributed by atoms with van der Waals surface area (Å²) in [6.45, 7) is 0.640. The van der Waals surface area contributed by atoms with E-state index < -0.39 is 7.12 Å². The highest BCUT2D eigenvalue weighted by atomic mass is 32.1. The van der Waals surface area contributed by atoms with Gasteiger partial charge in [-0.2, -0.15) is 0 Å². The van der Waals surface area contributed by atoms with E-state index in [4.69, 9.17) is 9.39 Å². The Balaban J connectivity index is 1.49. The predicted molar refractivity (Wildman–Crippen MR) is 102 cm³/mol. The number of halogens is 1. The molecule has 0 amide bonds. The van der Waals surface area contributed by atoms with E-state index in [1.54, 1.807) is 28.2 Å². The Morgan fingerprint density at radius 3 is 3.07 bits per heavy atom. The van der Waals surface area contributed by atoms with Crippen LogP contribution >= 0.6 is 11.3 Å². The van der Waals surface area contributed by atoms with Gasteiger partial charge in [0.15, 0.2) is 0 Å². The van der Waals surface area contributed by atoms with E-state index in [2.05, 4.69) is 4.98 Å². The zero-order valence-electron chi connectivity index (χ0n) is 14.1. The van der Waals surface area contributed by atoms with Gasteiger partial charge in [0.25, 0.3) is 0 Å². The van der Waals surface area contributed by atoms with Crippen LogP contribution in [-0.4, -0.2) is 21.7 Å². The first kappa shape index (κ1) is 16.5. The molecule has 2 aromatic carbocycles. The van der Waals surface area contributed by atoms with Gasteiger partial charge >= 0.3 is 7.12 Å². The first-order valence-electron chi connectivity index (χ1n) is 8.44. The molecule has 1 aliphatic rings. The molecule has 0 radical (unpaired) electrons. The lowest BCUT2D eigenvalue weighted by molar-refractivity contribution is 0.275. The second kappa shape index (κ2) is 6.49. The van der Waals surface area contributed by atoms with Crippen LogP contribution in [0.5, 0.6) is 5.75 Å². The molecule has 0 bridgehead atoms. The Bertz CT molecular complexity index is 1130. The lowest BCUT2D eigenvalue weighted by Crippen LogP contribution is -2.28. The zero-order chi connectivity index (χ0) is 18.4. The maximum atomic E-state index is 14.6. The average Bonchev–Trinajstić information content (AvgIpc) is 3.40. The van der Waals surface area contributed by atoms with E-state index in [1.807, 2.05) is 35.8 Å². The molecule has 0 atom stereocenters. The molecule has 8 heteroatoms. The molecule has 0 unspecified atom stereocenters. The number of ether oxygens (including phenoxy) is 1. The molecule has 3 heterocycles. The number of nitrogens with zero attached hydrogens (tertiary/aromatic N) is 2. The van der Waals surface area contributed by atoms with Crippen LogP contribution in [0, 0.1) is 5.82 Å². The summed E-state index contributed by atoms with van der Waals surface area (Å²) in [6, 6.07) is 10.7. The Labute approximate surface area is 158 Å². The molecule has 5 nitrogen and oxygen atoms in total. The van der Waals surface area contributed by atoms with Crippen molar-refractivity contribution in [2.75, 3.05) is 0 Å². The molecule has 0 saturated carbocycles. The number of hydrogen-bond acceptors (Lipinski definition) is 5. The average molecular weight is 380 g/mol. The van der Waals surface area contributed by atoms with Crippen molar-refractivity contribution in [3.8, 4) is 11.4 Å². The zero-order valence-corrected chi connectivity index (χ0v) is 14.9. The van der Waals surface area contributed by atoms with Gasteiger partial charge in [-0.05, 0) is 47.4 Å². The SMILES string of the molecule is OB1OCc2cc(F)c(-n3ccc4cc(OCc5nccs5)ccc43)cc21. The van der Waals surface area contributed by atoms with Crippen LogP contribution in [0.4, 0.5) is 4.39 Å². The lowest BCUT2D eigenvalue weighted by atomic mass is 9.79. The molecule has 0 aliphatic carbocycles. The molecule has 1 aliphatic heterocycles. The van der Waals surface area contributed by atoms with E-state index in [0.717, 1.165) is 21.7 Å². The van der Waals surface area contributed by atoms with Crippen LogP contribution in [0.25, 0.3) is 16.6 Å². The fraction of sp³-hybridized carbons (Fsp3) is 0.105. The summed E-state index contributed by atoms with van der Waals surface area (Å²) in [7, 11) is -1.01. The lowest BCUT2D eigenvalue weighted by Gasteiger charge is -2.10. The van der Waals surface area contributed by atoms with Crippen molar-refractivity contribution in [1.82, 2.24) is 9.55 Å². The van der Waals surface area contributed by atoms with Crippen LogP contribution in [0.15, 0.2) is 54.2 Å². The largest absolute Gasteiger partial charge is 0.491 e. The Hall–Kier alpha value is -2.68. The third kappa shape index (κ3) is 2.91. The van der Waals surface area contributed by atoms with Crippen LogP contribution < -0.4 is 10.2 Å². The fourth-order valence-electron chi connectivity index (χ4n) is 3.31. The standard InChI is InChI=1S/C19H14BFN2O3S/c21-16-8-13-10-26-20(24)15(13)9-18(16)23-5-3-12-7-14(1-2-17(12)23)25-11-19-22-4-6-27-19/h1-9,24H,10-11H2. The number of aromatic nitrogens is 2. The molecular weight excluding hydrogens is 366 g/mol. The van der Waals surface area contributed by atoms with Crippen molar-refractivity contribution in [3.05, 3.63) is 70.6 Å². The minimum absolute atomic E-state index is 0.222. The summed E-state index contributed by atoms with van der Waals surface area (Å²) in [5.74, 6) is 0.377. The van der Waals surface area contributed by atoms with Crippen molar-refractivity contribution < 1.29 is 18.8 Å². The Morgan fingerprint density at radius 1 is 1.30 bits per heavy atom. The van der Waals surface area contributed by atoms with Crippen molar-refractivity contribution in [3.63, 3.8) is 0 Å². The summed E-state index contributed by atoms with van der Waals surface area (Å²) in [4.78, 5) is 4.20. The molecule has 27 heavy (non-hydrogen) atoms. The Morgan fingerprint density at radius 2 is 2.22 bits per heavy atom. The highest BCUT2D eigenvalue weighted by Gasteiger charge is 2.29. The van der Waals surface area contributed by atoms with Gasteiger partial charge in [-0.15, -0.1) is 11.3 Å². The van der Waals surface area contributed by atoms with E-state index in [-0.39, 0.29) is 12.4 Å². The van der Waals surface area contributed by atoms with E-state index >= 15 is 0 Å².